The highest BCUT2D eigenvalue weighted by atomic mass is 16.3. The lowest BCUT2D eigenvalue weighted by Crippen LogP contribution is -2.24. The van der Waals surface area contributed by atoms with Crippen LogP contribution in [-0.2, 0) is 0 Å². The van der Waals surface area contributed by atoms with E-state index in [2.05, 4.69) is 21.5 Å². The van der Waals surface area contributed by atoms with E-state index in [9.17, 15) is 9.90 Å². The first-order valence-electron chi connectivity index (χ1n) is 6.80. The van der Waals surface area contributed by atoms with Crippen LogP contribution in [0, 0.1) is 18.3 Å². The second kappa shape index (κ2) is 6.92. The minimum Gasteiger partial charge on any atom is -0.393 e. The average molecular weight is 273 g/mol. The summed E-state index contributed by atoms with van der Waals surface area (Å²) >= 11 is 0. The number of carbonyl (C=O) groups is 1. The van der Waals surface area contributed by atoms with E-state index in [0.29, 0.717) is 17.9 Å². The molecule has 1 aliphatic carbocycles. The number of aliphatic hydroxyl groups excluding tert-OH is 1. The smallest absolute Gasteiger partial charge is 0.253 e. The standard InChI is InChI=1S/C15H19N3O2/c1-2-8-16-15(20)12-6-7-14(18-10-12)17-9-11-4-3-5-13(11)19/h1,6-7,10-11,13,19H,3-5,8-9H2,(H,16,20)(H,17,18). The van der Waals surface area contributed by atoms with Crippen LogP contribution in [0.1, 0.15) is 29.6 Å². The third-order valence-electron chi connectivity index (χ3n) is 3.54. The van der Waals surface area contributed by atoms with Gasteiger partial charge >= 0.3 is 0 Å². The molecule has 0 aliphatic heterocycles. The summed E-state index contributed by atoms with van der Waals surface area (Å²) in [5.41, 5.74) is 0.478. The Morgan fingerprint density at radius 3 is 2.95 bits per heavy atom. The molecule has 0 radical (unpaired) electrons. The molecular weight excluding hydrogens is 254 g/mol. The molecule has 2 atom stereocenters. The topological polar surface area (TPSA) is 74.2 Å². The summed E-state index contributed by atoms with van der Waals surface area (Å²) in [6.07, 6.45) is 9.38. The van der Waals surface area contributed by atoms with E-state index in [1.807, 2.05) is 0 Å². The molecule has 1 aromatic heterocycles. The van der Waals surface area contributed by atoms with Crippen LogP contribution in [0.25, 0.3) is 0 Å². The summed E-state index contributed by atoms with van der Waals surface area (Å²) in [5, 5.41) is 15.5. The van der Waals surface area contributed by atoms with Gasteiger partial charge in [0, 0.05) is 18.7 Å². The van der Waals surface area contributed by atoms with Gasteiger partial charge in [0.15, 0.2) is 0 Å². The van der Waals surface area contributed by atoms with Crippen LogP contribution in [0.3, 0.4) is 0 Å². The molecule has 1 aliphatic rings. The number of terminal acetylenes is 1. The van der Waals surface area contributed by atoms with Gasteiger partial charge in [-0.25, -0.2) is 4.98 Å². The summed E-state index contributed by atoms with van der Waals surface area (Å²) in [7, 11) is 0. The Morgan fingerprint density at radius 2 is 2.35 bits per heavy atom. The van der Waals surface area contributed by atoms with Crippen LogP contribution >= 0.6 is 0 Å². The van der Waals surface area contributed by atoms with Crippen molar-refractivity contribution in [1.29, 1.82) is 0 Å². The van der Waals surface area contributed by atoms with Crippen molar-refractivity contribution in [1.82, 2.24) is 10.3 Å². The first-order valence-corrected chi connectivity index (χ1v) is 6.80. The maximum atomic E-state index is 11.6. The molecule has 1 fully saturated rings. The second-order valence-corrected chi connectivity index (χ2v) is 4.96. The number of aliphatic hydroxyl groups is 1. The molecule has 0 bridgehead atoms. The number of hydrogen-bond acceptors (Lipinski definition) is 4. The van der Waals surface area contributed by atoms with Gasteiger partial charge in [0.2, 0.25) is 0 Å². The summed E-state index contributed by atoms with van der Waals surface area (Å²) < 4.78 is 0. The highest BCUT2D eigenvalue weighted by molar-refractivity contribution is 5.94. The number of nitrogens with zero attached hydrogens (tertiary/aromatic N) is 1. The fourth-order valence-electron chi connectivity index (χ4n) is 2.36. The Bertz CT molecular complexity index is 493. The van der Waals surface area contributed by atoms with Crippen molar-refractivity contribution in [2.75, 3.05) is 18.4 Å². The Kier molecular flexibility index (Phi) is 4.97. The van der Waals surface area contributed by atoms with Crippen molar-refractivity contribution in [3.63, 3.8) is 0 Å². The molecule has 5 heteroatoms. The van der Waals surface area contributed by atoms with E-state index in [1.54, 1.807) is 12.1 Å². The number of aromatic nitrogens is 1. The van der Waals surface area contributed by atoms with E-state index in [4.69, 9.17) is 6.42 Å². The van der Waals surface area contributed by atoms with Crippen molar-refractivity contribution < 1.29 is 9.90 Å². The Hall–Kier alpha value is -2.06. The zero-order valence-corrected chi connectivity index (χ0v) is 11.3. The lowest BCUT2D eigenvalue weighted by molar-refractivity contribution is 0.0958. The van der Waals surface area contributed by atoms with Gasteiger partial charge in [0.05, 0.1) is 18.2 Å². The highest BCUT2D eigenvalue weighted by Gasteiger charge is 2.24. The fraction of sp³-hybridized carbons (Fsp3) is 0.467. The highest BCUT2D eigenvalue weighted by Crippen LogP contribution is 2.25. The molecular formula is C15H19N3O2. The molecule has 5 nitrogen and oxygen atoms in total. The minimum atomic E-state index is -0.229. The molecule has 0 spiro atoms. The monoisotopic (exact) mass is 273 g/mol. The lowest BCUT2D eigenvalue weighted by Gasteiger charge is -2.15. The molecule has 1 heterocycles. The van der Waals surface area contributed by atoms with E-state index in [-0.39, 0.29) is 24.5 Å². The van der Waals surface area contributed by atoms with E-state index < -0.39 is 0 Å². The maximum Gasteiger partial charge on any atom is 0.253 e. The van der Waals surface area contributed by atoms with E-state index in [0.717, 1.165) is 19.3 Å². The first kappa shape index (κ1) is 14.4. The van der Waals surface area contributed by atoms with Gasteiger partial charge in [-0.15, -0.1) is 6.42 Å². The number of anilines is 1. The Morgan fingerprint density at radius 1 is 1.50 bits per heavy atom. The Labute approximate surface area is 118 Å². The third-order valence-corrected chi connectivity index (χ3v) is 3.54. The number of pyridine rings is 1. The molecule has 0 saturated heterocycles. The number of hydrogen-bond donors (Lipinski definition) is 3. The van der Waals surface area contributed by atoms with Crippen molar-refractivity contribution in [2.24, 2.45) is 5.92 Å². The molecule has 20 heavy (non-hydrogen) atoms. The normalized spacial score (nSPS) is 21.2. The molecule has 1 saturated carbocycles. The molecule has 106 valence electrons. The van der Waals surface area contributed by atoms with Crippen molar-refractivity contribution in [3.05, 3.63) is 23.9 Å². The molecule has 1 aromatic rings. The molecule has 0 aromatic carbocycles. The fourth-order valence-corrected chi connectivity index (χ4v) is 2.36. The average Bonchev–Trinajstić information content (AvgIpc) is 2.88. The molecule has 2 unspecified atom stereocenters. The summed E-state index contributed by atoms with van der Waals surface area (Å²) in [6, 6.07) is 3.46. The van der Waals surface area contributed by atoms with Gasteiger partial charge < -0.3 is 15.7 Å². The number of nitrogens with one attached hydrogen (secondary N) is 2. The van der Waals surface area contributed by atoms with Crippen LogP contribution < -0.4 is 10.6 Å². The van der Waals surface area contributed by atoms with Gasteiger partial charge in [-0.3, -0.25) is 4.79 Å². The predicted molar refractivity (Wildman–Crippen MR) is 77.2 cm³/mol. The van der Waals surface area contributed by atoms with Crippen LogP contribution in [0.5, 0.6) is 0 Å². The zero-order chi connectivity index (χ0) is 14.4. The summed E-state index contributed by atoms with van der Waals surface area (Å²) in [4.78, 5) is 15.8. The Balaban J connectivity index is 1.85. The quantitative estimate of drug-likeness (QED) is 0.700. The van der Waals surface area contributed by atoms with Crippen molar-refractivity contribution >= 4 is 11.7 Å². The summed E-state index contributed by atoms with van der Waals surface area (Å²) in [5.74, 6) is 3.11. The maximum absolute atomic E-state index is 11.6. The predicted octanol–water partition coefficient (Wildman–Crippen LogP) is 1.02. The van der Waals surface area contributed by atoms with Gasteiger partial charge in [0.1, 0.15) is 5.82 Å². The lowest BCUT2D eigenvalue weighted by atomic mass is 10.1. The van der Waals surface area contributed by atoms with Gasteiger partial charge in [-0.2, -0.15) is 0 Å². The van der Waals surface area contributed by atoms with Gasteiger partial charge in [-0.1, -0.05) is 12.3 Å². The largest absolute Gasteiger partial charge is 0.393 e. The molecule has 1 amide bonds. The van der Waals surface area contributed by atoms with Gasteiger partial charge in [0.25, 0.3) is 5.91 Å². The van der Waals surface area contributed by atoms with Crippen molar-refractivity contribution in [3.8, 4) is 12.3 Å². The van der Waals surface area contributed by atoms with Crippen LogP contribution in [0.15, 0.2) is 18.3 Å². The van der Waals surface area contributed by atoms with Crippen LogP contribution in [0.4, 0.5) is 5.82 Å². The van der Waals surface area contributed by atoms with Crippen molar-refractivity contribution in [2.45, 2.75) is 25.4 Å². The SMILES string of the molecule is C#CCNC(=O)c1ccc(NCC2CCCC2O)nc1. The second-order valence-electron chi connectivity index (χ2n) is 4.96. The minimum absolute atomic E-state index is 0.207. The van der Waals surface area contributed by atoms with Gasteiger partial charge in [-0.05, 0) is 25.0 Å². The summed E-state index contributed by atoms with van der Waals surface area (Å²) in [6.45, 7) is 0.912. The number of amides is 1. The third kappa shape index (κ3) is 3.72. The molecule has 3 N–H and O–H groups in total. The van der Waals surface area contributed by atoms with E-state index >= 15 is 0 Å². The number of rotatable bonds is 5. The number of carbonyl (C=O) groups excluding carboxylic acids is 1. The molecule has 2 rings (SSSR count). The van der Waals surface area contributed by atoms with Crippen LogP contribution in [0.2, 0.25) is 0 Å². The zero-order valence-electron chi connectivity index (χ0n) is 11.3. The van der Waals surface area contributed by atoms with Crippen LogP contribution in [-0.4, -0.2) is 35.2 Å². The first-order chi connectivity index (χ1) is 9.70. The van der Waals surface area contributed by atoms with E-state index in [1.165, 1.54) is 6.20 Å².